The molecule has 3 N–H and O–H groups in total. The molecule has 0 bridgehead atoms. The number of rotatable bonds is 5. The van der Waals surface area contributed by atoms with Gasteiger partial charge in [0.1, 0.15) is 12.1 Å². The summed E-state index contributed by atoms with van der Waals surface area (Å²) >= 11 is 0. The Morgan fingerprint density at radius 2 is 1.94 bits per heavy atom. The summed E-state index contributed by atoms with van der Waals surface area (Å²) in [4.78, 5) is 21.8. The van der Waals surface area contributed by atoms with E-state index >= 15 is 0 Å². The maximum Gasteiger partial charge on any atom is 0.324 e. The molecule has 0 spiro atoms. The summed E-state index contributed by atoms with van der Waals surface area (Å²) in [5, 5.41) is 8.50. The number of carboxylic acid groups (broad SMARTS) is 1. The molecule has 1 aromatic rings. The van der Waals surface area contributed by atoms with Crippen LogP contribution in [0.2, 0.25) is 0 Å². The highest BCUT2D eigenvalue weighted by molar-refractivity contribution is 5.81. The van der Waals surface area contributed by atoms with Gasteiger partial charge in [-0.1, -0.05) is 30.3 Å². The highest BCUT2D eigenvalue weighted by Gasteiger charge is 2.21. The van der Waals surface area contributed by atoms with E-state index in [1.807, 2.05) is 30.3 Å². The van der Waals surface area contributed by atoms with Crippen LogP contribution in [-0.4, -0.2) is 23.1 Å². The van der Waals surface area contributed by atoms with Crippen LogP contribution in [0.25, 0.3) is 0 Å². The Kier molecular flexibility index (Phi) is 4.66. The Bertz CT molecular complexity index is 391. The molecule has 0 aliphatic carbocycles. The van der Waals surface area contributed by atoms with Gasteiger partial charge in [-0.25, -0.2) is 0 Å². The van der Waals surface area contributed by atoms with E-state index in [1.54, 1.807) is 6.92 Å². The molecule has 2 unspecified atom stereocenters. The molecule has 0 heterocycles. The van der Waals surface area contributed by atoms with Gasteiger partial charge < -0.3 is 15.6 Å². The number of nitrogens with two attached hydrogens (primary N) is 1. The SMILES string of the molecule is CC(OC(=O)C(N)CC(=O)O)c1ccccc1. The molecule has 0 aliphatic rings. The lowest BCUT2D eigenvalue weighted by atomic mass is 10.1. The van der Waals surface area contributed by atoms with Crippen molar-refractivity contribution in [3.8, 4) is 0 Å². The summed E-state index contributed by atoms with van der Waals surface area (Å²) in [6.45, 7) is 1.71. The van der Waals surface area contributed by atoms with Gasteiger partial charge in [-0.15, -0.1) is 0 Å². The van der Waals surface area contributed by atoms with Crippen LogP contribution < -0.4 is 5.73 Å². The number of hydrogen-bond donors (Lipinski definition) is 2. The van der Waals surface area contributed by atoms with Gasteiger partial charge in [0.25, 0.3) is 0 Å². The standard InChI is InChI=1S/C12H15NO4/c1-8(9-5-3-2-4-6-9)17-12(16)10(13)7-11(14)15/h2-6,8,10H,7,13H2,1H3,(H,14,15). The fourth-order valence-electron chi connectivity index (χ4n) is 1.33. The van der Waals surface area contributed by atoms with Gasteiger partial charge in [0.2, 0.25) is 0 Å². The summed E-state index contributed by atoms with van der Waals surface area (Å²) in [5.41, 5.74) is 6.23. The molecule has 0 radical (unpaired) electrons. The first-order valence-corrected chi connectivity index (χ1v) is 5.23. The number of hydrogen-bond acceptors (Lipinski definition) is 4. The Morgan fingerprint density at radius 1 is 1.35 bits per heavy atom. The molecule has 0 aromatic heterocycles. The third-order valence-electron chi connectivity index (χ3n) is 2.26. The summed E-state index contributed by atoms with van der Waals surface area (Å²) in [6.07, 6.45) is -0.871. The van der Waals surface area contributed by atoms with E-state index in [0.717, 1.165) is 5.56 Å². The Morgan fingerprint density at radius 3 is 2.47 bits per heavy atom. The minimum atomic E-state index is -1.13. The van der Waals surface area contributed by atoms with Crippen molar-refractivity contribution < 1.29 is 19.4 Å². The normalized spacial score (nSPS) is 13.8. The van der Waals surface area contributed by atoms with E-state index in [9.17, 15) is 9.59 Å². The number of carboxylic acids is 1. The smallest absolute Gasteiger partial charge is 0.324 e. The topological polar surface area (TPSA) is 89.6 Å². The number of aliphatic carboxylic acids is 1. The van der Waals surface area contributed by atoms with Gasteiger partial charge in [-0.05, 0) is 12.5 Å². The average Bonchev–Trinajstić information content (AvgIpc) is 2.29. The zero-order valence-corrected chi connectivity index (χ0v) is 9.50. The van der Waals surface area contributed by atoms with E-state index in [-0.39, 0.29) is 0 Å². The Labute approximate surface area is 99.2 Å². The average molecular weight is 237 g/mol. The molecule has 17 heavy (non-hydrogen) atoms. The second-order valence-corrected chi connectivity index (χ2v) is 3.69. The van der Waals surface area contributed by atoms with Crippen molar-refractivity contribution in [2.75, 3.05) is 0 Å². The lowest BCUT2D eigenvalue weighted by Gasteiger charge is -2.16. The van der Waals surface area contributed by atoms with Crippen molar-refractivity contribution in [2.45, 2.75) is 25.5 Å². The van der Waals surface area contributed by atoms with Crippen LogP contribution in [0.3, 0.4) is 0 Å². The fraction of sp³-hybridized carbons (Fsp3) is 0.333. The first kappa shape index (κ1) is 13.2. The van der Waals surface area contributed by atoms with E-state index in [4.69, 9.17) is 15.6 Å². The van der Waals surface area contributed by atoms with Crippen molar-refractivity contribution in [2.24, 2.45) is 5.73 Å². The second-order valence-electron chi connectivity index (χ2n) is 3.69. The number of benzene rings is 1. The summed E-state index contributed by atoms with van der Waals surface area (Å²) in [6, 6.07) is 8.03. The van der Waals surface area contributed by atoms with E-state index < -0.39 is 30.5 Å². The summed E-state index contributed by atoms with van der Waals surface area (Å²) in [5.74, 6) is -1.83. The molecular weight excluding hydrogens is 222 g/mol. The highest BCUT2D eigenvalue weighted by Crippen LogP contribution is 2.16. The molecule has 2 atom stereocenters. The van der Waals surface area contributed by atoms with Crippen LogP contribution in [-0.2, 0) is 14.3 Å². The van der Waals surface area contributed by atoms with Crippen LogP contribution in [0.4, 0.5) is 0 Å². The second kappa shape index (κ2) is 6.00. The first-order chi connectivity index (χ1) is 8.00. The fourth-order valence-corrected chi connectivity index (χ4v) is 1.33. The third kappa shape index (κ3) is 4.24. The predicted molar refractivity (Wildman–Crippen MR) is 61.2 cm³/mol. The van der Waals surface area contributed by atoms with Crippen LogP contribution >= 0.6 is 0 Å². The van der Waals surface area contributed by atoms with E-state index in [2.05, 4.69) is 0 Å². The quantitative estimate of drug-likeness (QED) is 0.748. The lowest BCUT2D eigenvalue weighted by molar-refractivity contribution is -0.153. The minimum absolute atomic E-state index is 0.430. The van der Waals surface area contributed by atoms with Crippen LogP contribution in [0.15, 0.2) is 30.3 Å². The van der Waals surface area contributed by atoms with Crippen molar-refractivity contribution in [3.05, 3.63) is 35.9 Å². The molecule has 0 amide bonds. The molecule has 5 nitrogen and oxygen atoms in total. The maximum absolute atomic E-state index is 11.5. The van der Waals surface area contributed by atoms with Gasteiger partial charge in [0.15, 0.2) is 0 Å². The molecule has 1 rings (SSSR count). The van der Waals surface area contributed by atoms with Crippen molar-refractivity contribution >= 4 is 11.9 Å². The number of carbonyl (C=O) groups excluding carboxylic acids is 1. The number of esters is 1. The van der Waals surface area contributed by atoms with Crippen molar-refractivity contribution in [1.82, 2.24) is 0 Å². The first-order valence-electron chi connectivity index (χ1n) is 5.23. The Balaban J connectivity index is 2.54. The van der Waals surface area contributed by atoms with Crippen molar-refractivity contribution in [1.29, 1.82) is 0 Å². The zero-order valence-electron chi connectivity index (χ0n) is 9.50. The molecule has 92 valence electrons. The van der Waals surface area contributed by atoms with Gasteiger partial charge in [0, 0.05) is 0 Å². The maximum atomic E-state index is 11.5. The van der Waals surface area contributed by atoms with Gasteiger partial charge in [0.05, 0.1) is 6.42 Å². The lowest BCUT2D eigenvalue weighted by Crippen LogP contribution is -2.35. The minimum Gasteiger partial charge on any atom is -0.481 e. The van der Waals surface area contributed by atoms with Gasteiger partial charge >= 0.3 is 11.9 Å². The van der Waals surface area contributed by atoms with Crippen LogP contribution in [0.1, 0.15) is 25.0 Å². The molecule has 0 fully saturated rings. The van der Waals surface area contributed by atoms with Gasteiger partial charge in [-0.2, -0.15) is 0 Å². The molecule has 0 saturated heterocycles. The van der Waals surface area contributed by atoms with Crippen LogP contribution in [0.5, 0.6) is 0 Å². The number of ether oxygens (including phenoxy) is 1. The summed E-state index contributed by atoms with van der Waals surface area (Å²) < 4.78 is 5.07. The van der Waals surface area contributed by atoms with Gasteiger partial charge in [-0.3, -0.25) is 9.59 Å². The monoisotopic (exact) mass is 237 g/mol. The summed E-state index contributed by atoms with van der Waals surface area (Å²) in [7, 11) is 0. The highest BCUT2D eigenvalue weighted by atomic mass is 16.5. The molecular formula is C12H15NO4. The third-order valence-corrected chi connectivity index (χ3v) is 2.26. The largest absolute Gasteiger partial charge is 0.481 e. The number of carbonyl (C=O) groups is 2. The molecule has 0 saturated carbocycles. The van der Waals surface area contributed by atoms with Crippen molar-refractivity contribution in [3.63, 3.8) is 0 Å². The van der Waals surface area contributed by atoms with E-state index in [0.29, 0.717) is 0 Å². The molecule has 0 aliphatic heterocycles. The predicted octanol–water partition coefficient (Wildman–Crippen LogP) is 1.09. The molecule has 1 aromatic carbocycles. The zero-order chi connectivity index (χ0) is 12.8. The van der Waals surface area contributed by atoms with E-state index in [1.165, 1.54) is 0 Å². The Hall–Kier alpha value is -1.88. The molecule has 5 heteroatoms. The van der Waals surface area contributed by atoms with Crippen LogP contribution in [0, 0.1) is 0 Å².